The summed E-state index contributed by atoms with van der Waals surface area (Å²) in [4.78, 5) is 22.7. The van der Waals surface area contributed by atoms with Crippen molar-refractivity contribution in [2.75, 3.05) is 67.0 Å². The molecule has 2 fully saturated rings. The quantitative estimate of drug-likeness (QED) is 0.548. The summed E-state index contributed by atoms with van der Waals surface area (Å²) < 4.78 is 5.07. The maximum absolute atomic E-state index is 11.8. The van der Waals surface area contributed by atoms with E-state index in [2.05, 4.69) is 39.5 Å². The minimum Gasteiger partial charge on any atom is -0.450 e. The number of likely N-dealkylation sites (N-methyl/N-ethyl adjacent to an activating group) is 2. The van der Waals surface area contributed by atoms with E-state index in [0.29, 0.717) is 18.7 Å². The average Bonchev–Trinajstić information content (AvgIpc) is 2.62. The van der Waals surface area contributed by atoms with Crippen molar-refractivity contribution in [1.29, 1.82) is 0 Å². The predicted octanol–water partition coefficient (Wildman–Crippen LogP) is 0.0181. The largest absolute Gasteiger partial charge is 0.450 e. The molecule has 0 aromatic rings. The van der Waals surface area contributed by atoms with Crippen LogP contribution >= 0.6 is 0 Å². The number of rotatable bonds is 4. The lowest BCUT2D eigenvalue weighted by atomic mass is 10.1. The maximum Gasteiger partial charge on any atom is 0.409 e. The smallest absolute Gasteiger partial charge is 0.409 e. The monoisotopic (exact) mass is 354 g/mol. The van der Waals surface area contributed by atoms with Crippen molar-refractivity contribution < 1.29 is 9.53 Å². The minimum absolute atomic E-state index is 0.201. The van der Waals surface area contributed by atoms with Gasteiger partial charge in [-0.05, 0) is 33.9 Å². The van der Waals surface area contributed by atoms with Crippen LogP contribution in [0.3, 0.4) is 0 Å². The first-order chi connectivity index (χ1) is 12.0. The molecule has 0 aliphatic carbocycles. The highest BCUT2D eigenvalue weighted by Gasteiger charge is 2.25. The molecular weight excluding hydrogens is 320 g/mol. The van der Waals surface area contributed by atoms with Crippen molar-refractivity contribution in [3.63, 3.8) is 0 Å². The fourth-order valence-electron chi connectivity index (χ4n) is 3.35. The van der Waals surface area contributed by atoms with Gasteiger partial charge in [0.2, 0.25) is 0 Å². The fraction of sp³-hybridized carbons (Fsp3) is 0.882. The first-order valence-electron chi connectivity index (χ1n) is 9.31. The van der Waals surface area contributed by atoms with Crippen molar-refractivity contribution >= 4 is 12.1 Å². The van der Waals surface area contributed by atoms with Crippen LogP contribution in [-0.4, -0.2) is 106 Å². The third-order valence-electron chi connectivity index (χ3n) is 5.07. The van der Waals surface area contributed by atoms with Gasteiger partial charge in [0.15, 0.2) is 5.96 Å². The van der Waals surface area contributed by atoms with E-state index in [1.807, 2.05) is 6.92 Å². The van der Waals surface area contributed by atoms with E-state index in [1.54, 1.807) is 11.9 Å². The zero-order valence-corrected chi connectivity index (χ0v) is 16.1. The minimum atomic E-state index is -0.201. The zero-order valence-electron chi connectivity index (χ0n) is 16.1. The second kappa shape index (κ2) is 9.82. The number of carbonyl (C=O) groups is 1. The molecule has 2 aliphatic heterocycles. The number of guanidine groups is 1. The van der Waals surface area contributed by atoms with Gasteiger partial charge in [-0.1, -0.05) is 0 Å². The number of aliphatic imine (C=N–C) groups is 1. The van der Waals surface area contributed by atoms with Crippen LogP contribution in [0.2, 0.25) is 0 Å². The molecule has 8 heteroatoms. The molecule has 144 valence electrons. The van der Waals surface area contributed by atoms with Crippen LogP contribution in [0.4, 0.5) is 4.79 Å². The lowest BCUT2D eigenvalue weighted by Gasteiger charge is -2.38. The molecule has 0 aromatic heterocycles. The Balaban J connectivity index is 1.73. The van der Waals surface area contributed by atoms with Gasteiger partial charge in [0.1, 0.15) is 0 Å². The molecule has 0 radical (unpaired) electrons. The maximum atomic E-state index is 11.8. The van der Waals surface area contributed by atoms with Gasteiger partial charge in [-0.2, -0.15) is 0 Å². The number of ether oxygens (including phenoxy) is 1. The highest BCUT2D eigenvalue weighted by Crippen LogP contribution is 2.11. The molecule has 2 aliphatic rings. The first kappa shape index (κ1) is 19.8. The molecule has 8 nitrogen and oxygen atoms in total. The third kappa shape index (κ3) is 6.04. The van der Waals surface area contributed by atoms with E-state index in [-0.39, 0.29) is 6.09 Å². The van der Waals surface area contributed by atoms with Gasteiger partial charge in [0.05, 0.1) is 6.61 Å². The second-order valence-electron chi connectivity index (χ2n) is 6.95. The van der Waals surface area contributed by atoms with E-state index in [0.717, 1.165) is 58.1 Å². The van der Waals surface area contributed by atoms with Gasteiger partial charge >= 0.3 is 6.09 Å². The van der Waals surface area contributed by atoms with Gasteiger partial charge in [-0.25, -0.2) is 4.79 Å². The first-order valence-corrected chi connectivity index (χ1v) is 9.31. The van der Waals surface area contributed by atoms with E-state index in [9.17, 15) is 4.79 Å². The van der Waals surface area contributed by atoms with E-state index < -0.39 is 0 Å². The number of carbonyl (C=O) groups excluding carboxylic acids is 1. The Hall–Kier alpha value is -1.54. The number of piperidine rings is 1. The molecule has 0 saturated carbocycles. The van der Waals surface area contributed by atoms with Crippen LogP contribution in [0.1, 0.15) is 19.8 Å². The molecule has 1 unspecified atom stereocenters. The Morgan fingerprint density at radius 2 is 1.92 bits per heavy atom. The molecule has 25 heavy (non-hydrogen) atoms. The highest BCUT2D eigenvalue weighted by molar-refractivity contribution is 5.80. The Morgan fingerprint density at radius 1 is 1.20 bits per heavy atom. The lowest BCUT2D eigenvalue weighted by Crippen LogP contribution is -2.56. The summed E-state index contributed by atoms with van der Waals surface area (Å²) in [6.07, 6.45) is 1.62. The van der Waals surface area contributed by atoms with Gasteiger partial charge in [0.25, 0.3) is 0 Å². The number of amides is 1. The molecule has 0 bridgehead atoms. The second-order valence-corrected chi connectivity index (χ2v) is 6.95. The summed E-state index contributed by atoms with van der Waals surface area (Å²) >= 11 is 0. The number of nitrogens with zero attached hydrogens (tertiary/aromatic N) is 4. The average molecular weight is 354 g/mol. The molecular formula is C17H34N6O2. The van der Waals surface area contributed by atoms with Crippen molar-refractivity contribution in [3.05, 3.63) is 0 Å². The van der Waals surface area contributed by atoms with E-state index in [4.69, 9.17) is 4.74 Å². The standard InChI is InChI=1S/C17H34N6O2/c1-5-25-17(24)23-8-6-14(7-9-23)20-16(18-2)19-12-15-13-21(3)10-11-22(15)4/h14-15H,5-13H2,1-4H3,(H2,18,19,20). The van der Waals surface area contributed by atoms with Crippen LogP contribution in [-0.2, 0) is 4.74 Å². The fourth-order valence-corrected chi connectivity index (χ4v) is 3.35. The van der Waals surface area contributed by atoms with Crippen molar-refractivity contribution in [1.82, 2.24) is 25.3 Å². The van der Waals surface area contributed by atoms with Crippen molar-refractivity contribution in [2.45, 2.75) is 31.8 Å². The predicted molar refractivity (Wildman–Crippen MR) is 100 cm³/mol. The van der Waals surface area contributed by atoms with Crippen LogP contribution in [0.5, 0.6) is 0 Å². The molecule has 2 rings (SSSR count). The van der Waals surface area contributed by atoms with Gasteiger partial charge in [-0.15, -0.1) is 0 Å². The number of piperazine rings is 1. The van der Waals surface area contributed by atoms with E-state index >= 15 is 0 Å². The number of nitrogens with one attached hydrogen (secondary N) is 2. The number of likely N-dealkylation sites (tertiary alicyclic amines) is 1. The topological polar surface area (TPSA) is 72.4 Å². The van der Waals surface area contributed by atoms with Crippen molar-refractivity contribution in [2.24, 2.45) is 4.99 Å². The number of hydrogen-bond acceptors (Lipinski definition) is 5. The molecule has 2 heterocycles. The van der Waals surface area contributed by atoms with Crippen LogP contribution in [0.15, 0.2) is 4.99 Å². The highest BCUT2D eigenvalue weighted by atomic mass is 16.6. The summed E-state index contributed by atoms with van der Waals surface area (Å²) in [5.41, 5.74) is 0. The Morgan fingerprint density at radius 3 is 2.56 bits per heavy atom. The summed E-state index contributed by atoms with van der Waals surface area (Å²) in [6.45, 7) is 7.88. The third-order valence-corrected chi connectivity index (χ3v) is 5.07. The molecule has 2 N–H and O–H groups in total. The molecule has 1 atom stereocenters. The van der Waals surface area contributed by atoms with Crippen LogP contribution < -0.4 is 10.6 Å². The SMILES string of the molecule is CCOC(=O)N1CCC(NC(=NC)NCC2CN(C)CCN2C)CC1. The Bertz CT molecular complexity index is 450. The zero-order chi connectivity index (χ0) is 18.2. The summed E-state index contributed by atoms with van der Waals surface area (Å²) in [5.74, 6) is 0.844. The van der Waals surface area contributed by atoms with Crippen molar-refractivity contribution in [3.8, 4) is 0 Å². The summed E-state index contributed by atoms with van der Waals surface area (Å²) in [5, 5.41) is 6.95. The van der Waals surface area contributed by atoms with Gasteiger partial charge in [0, 0.05) is 58.4 Å². The van der Waals surface area contributed by atoms with Gasteiger partial charge < -0.3 is 25.2 Å². The Kier molecular flexibility index (Phi) is 7.77. The van der Waals surface area contributed by atoms with Crippen LogP contribution in [0, 0.1) is 0 Å². The molecule has 2 saturated heterocycles. The molecule has 0 aromatic carbocycles. The molecule has 1 amide bonds. The van der Waals surface area contributed by atoms with E-state index in [1.165, 1.54) is 0 Å². The van der Waals surface area contributed by atoms with Crippen LogP contribution in [0.25, 0.3) is 0 Å². The summed E-state index contributed by atoms with van der Waals surface area (Å²) in [6, 6.07) is 0.826. The normalized spacial score (nSPS) is 24.2. The lowest BCUT2D eigenvalue weighted by molar-refractivity contribution is 0.0962. The molecule has 0 spiro atoms. The van der Waals surface area contributed by atoms with Gasteiger partial charge in [-0.3, -0.25) is 9.89 Å². The summed E-state index contributed by atoms with van der Waals surface area (Å²) in [7, 11) is 6.16. The Labute approximate surface area is 151 Å². The number of hydrogen-bond donors (Lipinski definition) is 2.